The Hall–Kier alpha value is -2.50. The molecular weight excluding hydrogens is 378 g/mol. The average molecular weight is 420 g/mol. The molecule has 0 unspecified atom stereocenters. The molecule has 0 bridgehead atoms. The highest BCUT2D eigenvalue weighted by molar-refractivity contribution is 5.97. The zero-order chi connectivity index (χ0) is 23.1. The van der Waals surface area contributed by atoms with Crippen molar-refractivity contribution >= 4 is 22.9 Å². The Bertz CT molecular complexity index is 747. The van der Waals surface area contributed by atoms with Gasteiger partial charge in [0.2, 0.25) is 0 Å². The van der Waals surface area contributed by atoms with E-state index in [1.54, 1.807) is 19.9 Å². The Labute approximate surface area is 181 Å². The Balaban J connectivity index is 0.000000430. The molecule has 1 aliphatic rings. The van der Waals surface area contributed by atoms with Gasteiger partial charge in [0.05, 0.1) is 6.10 Å². The number of hydrogen-bond acceptors (Lipinski definition) is 3. The molecule has 2 aromatic rings. The molecule has 1 aliphatic carbocycles. The molecule has 1 aromatic carbocycles. The van der Waals surface area contributed by atoms with Crippen molar-refractivity contribution in [2.24, 2.45) is 11.7 Å². The van der Waals surface area contributed by atoms with E-state index in [2.05, 4.69) is 22.0 Å². The number of carbonyl (C=O) groups is 2. The van der Waals surface area contributed by atoms with Crippen molar-refractivity contribution in [3.63, 3.8) is 0 Å². The first-order valence-corrected chi connectivity index (χ1v) is 11.0. The van der Waals surface area contributed by atoms with Crippen LogP contribution in [0, 0.1) is 12.8 Å². The molecule has 6 nitrogen and oxygen atoms in total. The van der Waals surface area contributed by atoms with Crippen LogP contribution in [0.4, 0.5) is 4.79 Å². The quantitative estimate of drug-likeness (QED) is 0.562. The Morgan fingerprint density at radius 3 is 2.13 bits per heavy atom. The number of rotatable bonds is 2. The van der Waals surface area contributed by atoms with Gasteiger partial charge in [-0.05, 0) is 44.9 Å². The van der Waals surface area contributed by atoms with E-state index in [-0.39, 0.29) is 12.2 Å². The summed E-state index contributed by atoms with van der Waals surface area (Å²) in [6, 6.07) is 7.71. The molecule has 170 valence electrons. The van der Waals surface area contributed by atoms with Crippen LogP contribution in [0.5, 0.6) is 0 Å². The molecular formula is C24H41N3O3. The summed E-state index contributed by atoms with van der Waals surface area (Å²) >= 11 is 0. The number of hydrogen-bond donors (Lipinski definition) is 3. The average Bonchev–Trinajstić information content (AvgIpc) is 3.14. The van der Waals surface area contributed by atoms with E-state index >= 15 is 0 Å². The van der Waals surface area contributed by atoms with E-state index in [0.717, 1.165) is 16.8 Å². The number of aromatic nitrogens is 1. The van der Waals surface area contributed by atoms with Crippen LogP contribution < -0.4 is 11.1 Å². The fraction of sp³-hybridized carbons (Fsp3) is 0.583. The minimum Gasteiger partial charge on any atom is -0.447 e. The van der Waals surface area contributed by atoms with Crippen LogP contribution in [0.3, 0.4) is 0 Å². The van der Waals surface area contributed by atoms with Crippen LogP contribution in [0.2, 0.25) is 0 Å². The third-order valence-electron chi connectivity index (χ3n) is 4.48. The van der Waals surface area contributed by atoms with Gasteiger partial charge in [-0.2, -0.15) is 0 Å². The van der Waals surface area contributed by atoms with Crippen molar-refractivity contribution in [1.29, 1.82) is 0 Å². The first kappa shape index (κ1) is 27.5. The van der Waals surface area contributed by atoms with Crippen LogP contribution in [-0.2, 0) is 4.74 Å². The van der Waals surface area contributed by atoms with Crippen molar-refractivity contribution in [1.82, 2.24) is 10.3 Å². The first-order chi connectivity index (χ1) is 14.2. The second kappa shape index (κ2) is 15.4. The SMILES string of the molecule is CC.CC1CCCCC1.CNC(=O)OC(C)C.Cc1ccc2[nH]c(C(N)=O)cc2c1. The number of nitrogens with one attached hydrogen (secondary N) is 2. The summed E-state index contributed by atoms with van der Waals surface area (Å²) in [5.74, 6) is 0.614. The van der Waals surface area contributed by atoms with Gasteiger partial charge in [0.25, 0.3) is 5.91 Å². The predicted molar refractivity (Wildman–Crippen MR) is 126 cm³/mol. The van der Waals surface area contributed by atoms with Gasteiger partial charge >= 0.3 is 6.09 Å². The molecule has 3 rings (SSSR count). The standard InChI is InChI=1S/C10H10N2O.C7H14.C5H11NO2.C2H6/c1-6-2-3-8-7(4-6)5-9(12-8)10(11)13;1-7-5-3-2-4-6-7;1-4(2)8-5(7)6-3;1-2/h2-5,12H,1H3,(H2,11,13);7H,2-6H2,1H3;4H,1-3H3,(H,6,7);1-2H3. The number of amides is 2. The third kappa shape index (κ3) is 11.5. The second-order valence-electron chi connectivity index (χ2n) is 7.59. The molecule has 30 heavy (non-hydrogen) atoms. The van der Waals surface area contributed by atoms with E-state index in [9.17, 15) is 9.59 Å². The van der Waals surface area contributed by atoms with Crippen LogP contribution >= 0.6 is 0 Å². The maximum Gasteiger partial charge on any atom is 0.407 e. The summed E-state index contributed by atoms with van der Waals surface area (Å²) < 4.78 is 4.65. The molecule has 0 saturated heterocycles. The summed E-state index contributed by atoms with van der Waals surface area (Å²) in [5, 5.41) is 3.36. The first-order valence-electron chi connectivity index (χ1n) is 11.0. The number of benzene rings is 1. The summed E-state index contributed by atoms with van der Waals surface area (Å²) in [6.45, 7) is 12.0. The van der Waals surface area contributed by atoms with Gasteiger partial charge in [-0.1, -0.05) is 64.5 Å². The van der Waals surface area contributed by atoms with Gasteiger partial charge < -0.3 is 20.8 Å². The van der Waals surface area contributed by atoms with E-state index < -0.39 is 5.91 Å². The fourth-order valence-corrected chi connectivity index (χ4v) is 2.96. The highest BCUT2D eigenvalue weighted by Gasteiger charge is 2.06. The number of fused-ring (bicyclic) bond motifs is 1. The molecule has 2 amide bonds. The number of aromatic amines is 1. The van der Waals surface area contributed by atoms with Crippen molar-refractivity contribution in [2.45, 2.75) is 79.8 Å². The van der Waals surface area contributed by atoms with Crippen molar-refractivity contribution in [2.75, 3.05) is 7.05 Å². The van der Waals surface area contributed by atoms with Gasteiger partial charge in [0, 0.05) is 18.0 Å². The summed E-state index contributed by atoms with van der Waals surface area (Å²) in [4.78, 5) is 24.1. The third-order valence-corrected chi connectivity index (χ3v) is 4.48. The maximum absolute atomic E-state index is 10.8. The molecule has 1 aromatic heterocycles. The second-order valence-corrected chi connectivity index (χ2v) is 7.59. The number of H-pyrrole nitrogens is 1. The van der Waals surface area contributed by atoms with Gasteiger partial charge in [0.15, 0.2) is 0 Å². The highest BCUT2D eigenvalue weighted by atomic mass is 16.6. The topological polar surface area (TPSA) is 97.2 Å². The number of aryl methyl sites for hydroxylation is 1. The number of alkyl carbamates (subject to hydrolysis) is 1. The van der Waals surface area contributed by atoms with E-state index in [1.807, 2.05) is 39.0 Å². The lowest BCUT2D eigenvalue weighted by Crippen LogP contribution is -2.22. The largest absolute Gasteiger partial charge is 0.447 e. The normalized spacial score (nSPS) is 13.1. The molecule has 6 heteroatoms. The highest BCUT2D eigenvalue weighted by Crippen LogP contribution is 2.22. The maximum atomic E-state index is 10.8. The van der Waals surface area contributed by atoms with Crippen LogP contribution in [0.25, 0.3) is 10.9 Å². The number of nitrogens with two attached hydrogens (primary N) is 1. The summed E-state index contributed by atoms with van der Waals surface area (Å²) in [6.07, 6.45) is 7.03. The van der Waals surface area contributed by atoms with Crippen molar-refractivity contribution in [3.8, 4) is 0 Å². The van der Waals surface area contributed by atoms with Gasteiger partial charge in [-0.15, -0.1) is 0 Å². The molecule has 1 fully saturated rings. The van der Waals surface area contributed by atoms with Gasteiger partial charge in [0.1, 0.15) is 5.69 Å². The summed E-state index contributed by atoms with van der Waals surface area (Å²) in [7, 11) is 1.53. The smallest absolute Gasteiger partial charge is 0.407 e. The lowest BCUT2D eigenvalue weighted by molar-refractivity contribution is 0.0996. The Morgan fingerprint density at radius 1 is 1.13 bits per heavy atom. The Morgan fingerprint density at radius 2 is 1.73 bits per heavy atom. The molecule has 0 spiro atoms. The van der Waals surface area contributed by atoms with Gasteiger partial charge in [-0.3, -0.25) is 4.79 Å². The van der Waals surface area contributed by atoms with E-state index in [4.69, 9.17) is 5.73 Å². The zero-order valence-corrected chi connectivity index (χ0v) is 19.8. The van der Waals surface area contributed by atoms with E-state index in [0.29, 0.717) is 5.69 Å². The molecule has 4 N–H and O–H groups in total. The van der Waals surface area contributed by atoms with Crippen molar-refractivity contribution < 1.29 is 14.3 Å². The number of ether oxygens (including phenoxy) is 1. The molecule has 1 heterocycles. The predicted octanol–water partition coefficient (Wildman–Crippen LogP) is 5.94. The molecule has 1 saturated carbocycles. The summed E-state index contributed by atoms with van der Waals surface area (Å²) in [5.41, 5.74) is 7.72. The van der Waals surface area contributed by atoms with Crippen LogP contribution in [-0.4, -0.2) is 30.1 Å². The number of carbonyl (C=O) groups excluding carboxylic acids is 2. The number of primary amides is 1. The Kier molecular flexibility index (Phi) is 14.1. The lowest BCUT2D eigenvalue weighted by atomic mass is 9.91. The molecule has 0 radical (unpaired) electrons. The van der Waals surface area contributed by atoms with Crippen LogP contribution in [0.15, 0.2) is 24.3 Å². The van der Waals surface area contributed by atoms with E-state index in [1.165, 1.54) is 44.7 Å². The van der Waals surface area contributed by atoms with Crippen molar-refractivity contribution in [3.05, 3.63) is 35.5 Å². The molecule has 0 atom stereocenters. The zero-order valence-electron chi connectivity index (χ0n) is 19.8. The van der Waals surface area contributed by atoms with Crippen LogP contribution in [0.1, 0.15) is 82.8 Å². The minimum absolute atomic E-state index is 0.0325. The van der Waals surface area contributed by atoms with Gasteiger partial charge in [-0.25, -0.2) is 4.79 Å². The monoisotopic (exact) mass is 419 g/mol. The lowest BCUT2D eigenvalue weighted by Gasteiger charge is -2.15. The minimum atomic E-state index is -0.422. The fourth-order valence-electron chi connectivity index (χ4n) is 2.96. The molecule has 0 aliphatic heterocycles.